The summed E-state index contributed by atoms with van der Waals surface area (Å²) in [5.74, 6) is -0.805. The maximum atomic E-state index is 13.5. The maximum Gasteiger partial charge on any atom is 0.248 e. The van der Waals surface area contributed by atoms with Crippen LogP contribution in [0.1, 0.15) is 5.56 Å². The summed E-state index contributed by atoms with van der Waals surface area (Å²) in [4.78, 5) is 11.8. The SMILES string of the molecule is COc1ccc(C=CC(=O)Nc2cc(F)ccc2F)c(OC)c1. The first kappa shape index (κ1) is 16.5. The highest BCUT2D eigenvalue weighted by atomic mass is 19.1. The number of methoxy groups -OCH3 is 2. The van der Waals surface area contributed by atoms with Crippen molar-refractivity contribution < 1.29 is 23.0 Å². The number of nitrogens with one attached hydrogen (secondary N) is 1. The largest absolute Gasteiger partial charge is 0.497 e. The third-order valence-corrected chi connectivity index (χ3v) is 3.04. The number of hydrogen-bond donors (Lipinski definition) is 1. The molecule has 0 fully saturated rings. The predicted octanol–water partition coefficient (Wildman–Crippen LogP) is 3.63. The molecule has 0 radical (unpaired) electrons. The molecule has 0 saturated heterocycles. The molecule has 23 heavy (non-hydrogen) atoms. The number of anilines is 1. The van der Waals surface area contributed by atoms with Gasteiger partial charge in [0.05, 0.1) is 19.9 Å². The van der Waals surface area contributed by atoms with Crippen molar-refractivity contribution in [2.45, 2.75) is 0 Å². The van der Waals surface area contributed by atoms with Gasteiger partial charge in [-0.1, -0.05) is 0 Å². The van der Waals surface area contributed by atoms with Gasteiger partial charge in [-0.25, -0.2) is 8.78 Å². The Morgan fingerprint density at radius 1 is 1.09 bits per heavy atom. The van der Waals surface area contributed by atoms with Crippen LogP contribution in [0.3, 0.4) is 0 Å². The molecule has 2 aromatic carbocycles. The van der Waals surface area contributed by atoms with E-state index in [0.29, 0.717) is 17.1 Å². The molecule has 0 atom stereocenters. The summed E-state index contributed by atoms with van der Waals surface area (Å²) in [5, 5.41) is 2.28. The van der Waals surface area contributed by atoms with Crippen molar-refractivity contribution in [3.05, 3.63) is 59.7 Å². The van der Waals surface area contributed by atoms with Gasteiger partial charge in [-0.3, -0.25) is 4.79 Å². The first-order valence-corrected chi connectivity index (χ1v) is 6.69. The Balaban J connectivity index is 2.13. The number of carbonyl (C=O) groups is 1. The standard InChI is InChI=1S/C17H15F2NO3/c1-22-13-6-3-11(16(10-13)23-2)4-8-17(21)20-15-9-12(18)5-7-14(15)19/h3-10H,1-2H3,(H,20,21). The predicted molar refractivity (Wildman–Crippen MR) is 83.6 cm³/mol. The Morgan fingerprint density at radius 3 is 2.57 bits per heavy atom. The second kappa shape index (κ2) is 7.40. The van der Waals surface area contributed by atoms with Crippen molar-refractivity contribution in [2.75, 3.05) is 19.5 Å². The number of carbonyl (C=O) groups excluding carboxylic acids is 1. The number of amides is 1. The summed E-state index contributed by atoms with van der Waals surface area (Å²) in [7, 11) is 3.03. The zero-order valence-electron chi connectivity index (χ0n) is 12.6. The molecule has 0 heterocycles. The average molecular weight is 319 g/mol. The van der Waals surface area contributed by atoms with Gasteiger partial charge in [-0.15, -0.1) is 0 Å². The number of benzene rings is 2. The zero-order chi connectivity index (χ0) is 16.8. The molecule has 0 spiro atoms. The van der Waals surface area contributed by atoms with Gasteiger partial charge in [0.2, 0.25) is 5.91 Å². The van der Waals surface area contributed by atoms with Crippen molar-refractivity contribution in [3.8, 4) is 11.5 Å². The second-order valence-corrected chi connectivity index (χ2v) is 4.55. The van der Waals surface area contributed by atoms with Crippen LogP contribution >= 0.6 is 0 Å². The van der Waals surface area contributed by atoms with Crippen LogP contribution < -0.4 is 14.8 Å². The summed E-state index contributed by atoms with van der Waals surface area (Å²) in [6.07, 6.45) is 2.71. The summed E-state index contributed by atoms with van der Waals surface area (Å²) in [6, 6.07) is 7.93. The van der Waals surface area contributed by atoms with E-state index < -0.39 is 17.5 Å². The number of halogens is 2. The molecule has 6 heteroatoms. The molecular weight excluding hydrogens is 304 g/mol. The Kier molecular flexibility index (Phi) is 5.30. The van der Waals surface area contributed by atoms with Crippen LogP contribution in [0.5, 0.6) is 11.5 Å². The van der Waals surface area contributed by atoms with Gasteiger partial charge in [0, 0.05) is 23.8 Å². The van der Waals surface area contributed by atoms with Crippen molar-refractivity contribution in [1.82, 2.24) is 0 Å². The second-order valence-electron chi connectivity index (χ2n) is 4.55. The van der Waals surface area contributed by atoms with E-state index in [1.807, 2.05) is 0 Å². The van der Waals surface area contributed by atoms with E-state index in [1.165, 1.54) is 26.4 Å². The van der Waals surface area contributed by atoms with Gasteiger partial charge in [-0.2, -0.15) is 0 Å². The monoisotopic (exact) mass is 319 g/mol. The van der Waals surface area contributed by atoms with Crippen LogP contribution in [0.4, 0.5) is 14.5 Å². The Bertz CT molecular complexity index is 745. The number of hydrogen-bond acceptors (Lipinski definition) is 3. The fourth-order valence-electron chi connectivity index (χ4n) is 1.89. The first-order valence-electron chi connectivity index (χ1n) is 6.69. The van der Waals surface area contributed by atoms with Crippen LogP contribution in [0, 0.1) is 11.6 Å². The molecular formula is C17H15F2NO3. The van der Waals surface area contributed by atoms with Crippen molar-refractivity contribution in [1.29, 1.82) is 0 Å². The highest BCUT2D eigenvalue weighted by Gasteiger charge is 2.07. The minimum atomic E-state index is -0.713. The van der Waals surface area contributed by atoms with Crippen LogP contribution in [0.2, 0.25) is 0 Å². The molecule has 0 aliphatic carbocycles. The highest BCUT2D eigenvalue weighted by Crippen LogP contribution is 2.25. The lowest BCUT2D eigenvalue weighted by Gasteiger charge is -2.07. The number of ether oxygens (including phenoxy) is 2. The molecule has 120 valence electrons. The van der Waals surface area contributed by atoms with E-state index in [9.17, 15) is 13.6 Å². The topological polar surface area (TPSA) is 47.6 Å². The van der Waals surface area contributed by atoms with Crippen LogP contribution in [0.25, 0.3) is 6.08 Å². The van der Waals surface area contributed by atoms with E-state index in [-0.39, 0.29) is 5.69 Å². The summed E-state index contributed by atoms with van der Waals surface area (Å²) < 4.78 is 36.8. The fourth-order valence-corrected chi connectivity index (χ4v) is 1.89. The van der Waals surface area contributed by atoms with Gasteiger partial charge >= 0.3 is 0 Å². The third kappa shape index (κ3) is 4.29. The lowest BCUT2D eigenvalue weighted by Crippen LogP contribution is -2.09. The van der Waals surface area contributed by atoms with Gasteiger partial charge < -0.3 is 14.8 Å². The van der Waals surface area contributed by atoms with Gasteiger partial charge in [0.25, 0.3) is 0 Å². The normalized spacial score (nSPS) is 10.6. The molecule has 2 rings (SSSR count). The van der Waals surface area contributed by atoms with Crippen molar-refractivity contribution >= 4 is 17.7 Å². The maximum absolute atomic E-state index is 13.5. The molecule has 0 aromatic heterocycles. The zero-order valence-corrected chi connectivity index (χ0v) is 12.6. The molecule has 1 amide bonds. The van der Waals surface area contributed by atoms with Gasteiger partial charge in [0.15, 0.2) is 0 Å². The molecule has 0 aliphatic heterocycles. The fraction of sp³-hybridized carbons (Fsp3) is 0.118. The lowest BCUT2D eigenvalue weighted by atomic mass is 10.1. The van der Waals surface area contributed by atoms with E-state index in [1.54, 1.807) is 18.2 Å². The quantitative estimate of drug-likeness (QED) is 0.856. The van der Waals surface area contributed by atoms with Gasteiger partial charge in [0.1, 0.15) is 23.1 Å². The van der Waals surface area contributed by atoms with Crippen molar-refractivity contribution in [3.63, 3.8) is 0 Å². The summed E-state index contributed by atoms with van der Waals surface area (Å²) in [5.41, 5.74) is 0.421. The van der Waals surface area contributed by atoms with E-state index in [0.717, 1.165) is 18.2 Å². The smallest absolute Gasteiger partial charge is 0.248 e. The van der Waals surface area contributed by atoms with Gasteiger partial charge in [-0.05, 0) is 30.3 Å². The molecule has 1 N–H and O–H groups in total. The highest BCUT2D eigenvalue weighted by molar-refractivity contribution is 6.02. The van der Waals surface area contributed by atoms with Crippen molar-refractivity contribution in [2.24, 2.45) is 0 Å². The molecule has 4 nitrogen and oxygen atoms in total. The minimum Gasteiger partial charge on any atom is -0.497 e. The Labute approximate surface area is 132 Å². The first-order chi connectivity index (χ1) is 11.0. The molecule has 2 aromatic rings. The molecule has 0 aliphatic rings. The molecule has 0 bridgehead atoms. The van der Waals surface area contributed by atoms with Crippen LogP contribution in [-0.4, -0.2) is 20.1 Å². The van der Waals surface area contributed by atoms with Crippen LogP contribution in [0.15, 0.2) is 42.5 Å². The number of rotatable bonds is 5. The Morgan fingerprint density at radius 2 is 1.87 bits per heavy atom. The summed E-state index contributed by atoms with van der Waals surface area (Å²) in [6.45, 7) is 0. The lowest BCUT2D eigenvalue weighted by molar-refractivity contribution is -0.111. The van der Waals surface area contributed by atoms with Crippen LogP contribution in [-0.2, 0) is 4.79 Å². The third-order valence-electron chi connectivity index (χ3n) is 3.04. The van der Waals surface area contributed by atoms with E-state index in [2.05, 4.69) is 5.32 Å². The minimum absolute atomic E-state index is 0.221. The molecule has 0 saturated carbocycles. The summed E-state index contributed by atoms with van der Waals surface area (Å²) >= 11 is 0. The molecule has 0 unspecified atom stereocenters. The average Bonchev–Trinajstić information content (AvgIpc) is 2.56. The Hall–Kier alpha value is -2.89. The van der Waals surface area contributed by atoms with E-state index in [4.69, 9.17) is 9.47 Å². The van der Waals surface area contributed by atoms with E-state index >= 15 is 0 Å².